The number of hydrogen-bond donors (Lipinski definition) is 0. The minimum Gasteiger partial charge on any atom is -0.490 e. The van der Waals surface area contributed by atoms with Crippen LogP contribution in [0.5, 0.6) is 5.75 Å². The highest BCUT2D eigenvalue weighted by molar-refractivity contribution is 9.09. The van der Waals surface area contributed by atoms with Crippen molar-refractivity contribution in [1.82, 2.24) is 4.98 Å². The summed E-state index contributed by atoms with van der Waals surface area (Å²) < 4.78 is 6.07. The first-order valence-corrected chi connectivity index (χ1v) is 7.14. The highest BCUT2D eigenvalue weighted by atomic mass is 79.9. The monoisotopic (exact) mass is 305 g/mol. The number of halogens is 1. The van der Waals surface area contributed by atoms with Crippen LogP contribution >= 0.6 is 15.9 Å². The summed E-state index contributed by atoms with van der Waals surface area (Å²) in [5.41, 5.74) is 1.18. The highest BCUT2D eigenvalue weighted by Crippen LogP contribution is 2.47. The Hall–Kier alpha value is -1.09. The Morgan fingerprint density at radius 1 is 1.33 bits per heavy atom. The van der Waals surface area contributed by atoms with E-state index >= 15 is 0 Å². The van der Waals surface area contributed by atoms with Crippen LogP contribution in [0.1, 0.15) is 20.3 Å². The molecule has 0 amide bonds. The molecule has 3 heteroatoms. The van der Waals surface area contributed by atoms with E-state index in [0.29, 0.717) is 4.83 Å². The Morgan fingerprint density at radius 3 is 2.89 bits per heavy atom. The van der Waals surface area contributed by atoms with Crippen molar-refractivity contribution in [2.75, 3.05) is 0 Å². The van der Waals surface area contributed by atoms with Crippen molar-refractivity contribution in [2.45, 2.75) is 31.2 Å². The Morgan fingerprint density at radius 2 is 2.17 bits per heavy atom. The summed E-state index contributed by atoms with van der Waals surface area (Å²) in [7, 11) is 0. The van der Waals surface area contributed by atoms with Gasteiger partial charge in [0.2, 0.25) is 0 Å². The molecule has 2 atom stereocenters. The van der Waals surface area contributed by atoms with Crippen molar-refractivity contribution in [3.05, 3.63) is 36.5 Å². The molecule has 2 unspecified atom stereocenters. The topological polar surface area (TPSA) is 22.1 Å². The molecule has 1 heterocycles. The normalized spacial score (nSPS) is 25.7. The summed E-state index contributed by atoms with van der Waals surface area (Å²) in [4.78, 5) is 4.90. The van der Waals surface area contributed by atoms with Crippen LogP contribution in [0.2, 0.25) is 0 Å². The molecule has 3 rings (SSSR count). The average Bonchev–Trinajstić information content (AvgIpc) is 2.38. The number of fused-ring (bicyclic) bond motifs is 1. The minimum absolute atomic E-state index is 0.194. The van der Waals surface area contributed by atoms with Gasteiger partial charge in [0.05, 0.1) is 5.52 Å². The first-order valence-electron chi connectivity index (χ1n) is 6.23. The van der Waals surface area contributed by atoms with Crippen LogP contribution in [0.3, 0.4) is 0 Å². The Bertz CT molecular complexity index is 581. The van der Waals surface area contributed by atoms with Crippen LogP contribution in [0.15, 0.2) is 36.5 Å². The van der Waals surface area contributed by atoms with Gasteiger partial charge in [0.25, 0.3) is 0 Å². The molecule has 0 saturated heterocycles. The molecule has 0 bridgehead atoms. The van der Waals surface area contributed by atoms with Gasteiger partial charge in [0.15, 0.2) is 0 Å². The lowest BCUT2D eigenvalue weighted by Gasteiger charge is -2.48. The van der Waals surface area contributed by atoms with Gasteiger partial charge < -0.3 is 4.74 Å². The summed E-state index contributed by atoms with van der Waals surface area (Å²) in [6.45, 7) is 4.47. The maximum atomic E-state index is 6.07. The lowest BCUT2D eigenvalue weighted by atomic mass is 9.69. The fraction of sp³-hybridized carbons (Fsp3) is 0.400. The molecule has 0 radical (unpaired) electrons. The van der Waals surface area contributed by atoms with Crippen LogP contribution in [-0.4, -0.2) is 15.9 Å². The maximum absolute atomic E-state index is 6.07. The fourth-order valence-corrected chi connectivity index (χ4v) is 2.95. The van der Waals surface area contributed by atoms with E-state index in [-0.39, 0.29) is 11.5 Å². The molecular weight excluding hydrogens is 290 g/mol. The van der Waals surface area contributed by atoms with Crippen LogP contribution in [0.4, 0.5) is 0 Å². The zero-order valence-corrected chi connectivity index (χ0v) is 12.1. The number of pyridine rings is 1. The lowest BCUT2D eigenvalue weighted by molar-refractivity contribution is -0.00771. The van der Waals surface area contributed by atoms with Crippen molar-refractivity contribution in [3.63, 3.8) is 0 Å². The van der Waals surface area contributed by atoms with Gasteiger partial charge in [-0.2, -0.15) is 0 Å². The average molecular weight is 306 g/mol. The van der Waals surface area contributed by atoms with E-state index in [1.165, 1.54) is 0 Å². The van der Waals surface area contributed by atoms with Crippen LogP contribution in [0.25, 0.3) is 10.9 Å². The van der Waals surface area contributed by atoms with E-state index < -0.39 is 0 Å². The molecule has 18 heavy (non-hydrogen) atoms. The molecule has 94 valence electrons. The van der Waals surface area contributed by atoms with E-state index in [2.05, 4.69) is 46.9 Å². The molecule has 1 aromatic heterocycles. The highest BCUT2D eigenvalue weighted by Gasteiger charge is 2.48. The number of rotatable bonds is 2. The summed E-state index contributed by atoms with van der Waals surface area (Å²) in [6.07, 6.45) is 3.16. The summed E-state index contributed by atoms with van der Waals surface area (Å²) >= 11 is 3.68. The van der Waals surface area contributed by atoms with E-state index in [4.69, 9.17) is 4.74 Å². The molecule has 2 aromatic rings. The maximum Gasteiger partial charge on any atom is 0.121 e. The zero-order valence-electron chi connectivity index (χ0n) is 10.6. The predicted molar refractivity (Wildman–Crippen MR) is 77.3 cm³/mol. The van der Waals surface area contributed by atoms with Crippen LogP contribution in [0, 0.1) is 5.41 Å². The first kappa shape index (κ1) is 12.0. The molecule has 1 saturated carbocycles. The quantitative estimate of drug-likeness (QED) is 0.777. The van der Waals surface area contributed by atoms with Crippen LogP contribution in [-0.2, 0) is 0 Å². The van der Waals surface area contributed by atoms with Crippen molar-refractivity contribution in [3.8, 4) is 5.75 Å². The Balaban J connectivity index is 1.83. The first-order chi connectivity index (χ1) is 8.57. The van der Waals surface area contributed by atoms with E-state index in [0.717, 1.165) is 23.1 Å². The number of nitrogens with zero attached hydrogens (tertiary/aromatic N) is 1. The molecule has 1 aliphatic rings. The standard InChI is InChI=1S/C15H16BrNO/c1-15(2)13(16)9-14(15)18-11-6-5-10-4-3-7-17-12(10)8-11/h3-8,13-14H,9H2,1-2H3. The molecule has 1 aromatic carbocycles. The molecule has 1 aliphatic carbocycles. The predicted octanol–water partition coefficient (Wildman–Crippen LogP) is 4.18. The number of hydrogen-bond acceptors (Lipinski definition) is 2. The van der Waals surface area contributed by atoms with Gasteiger partial charge >= 0.3 is 0 Å². The second-order valence-electron chi connectivity index (χ2n) is 5.49. The third-order valence-corrected chi connectivity index (χ3v) is 5.47. The van der Waals surface area contributed by atoms with Crippen LogP contribution < -0.4 is 4.74 Å². The molecule has 0 aliphatic heterocycles. The van der Waals surface area contributed by atoms with Crippen molar-refractivity contribution >= 4 is 26.8 Å². The molecular formula is C15H16BrNO. The molecule has 0 spiro atoms. The summed E-state index contributed by atoms with van der Waals surface area (Å²) in [5.74, 6) is 0.915. The van der Waals surface area contributed by atoms with Gasteiger partial charge in [-0.05, 0) is 24.6 Å². The van der Waals surface area contributed by atoms with E-state index in [9.17, 15) is 0 Å². The van der Waals surface area contributed by atoms with E-state index in [1.807, 2.05) is 24.4 Å². The van der Waals surface area contributed by atoms with Gasteiger partial charge in [-0.15, -0.1) is 0 Å². The van der Waals surface area contributed by atoms with Gasteiger partial charge in [0.1, 0.15) is 11.9 Å². The van der Waals surface area contributed by atoms with Gasteiger partial charge in [-0.3, -0.25) is 4.98 Å². The Kier molecular flexibility index (Phi) is 2.81. The van der Waals surface area contributed by atoms with Crippen molar-refractivity contribution in [1.29, 1.82) is 0 Å². The third kappa shape index (κ3) is 1.91. The second-order valence-corrected chi connectivity index (χ2v) is 6.59. The zero-order chi connectivity index (χ0) is 12.8. The van der Waals surface area contributed by atoms with Gasteiger partial charge in [0, 0.05) is 27.9 Å². The largest absolute Gasteiger partial charge is 0.490 e. The second kappa shape index (κ2) is 4.23. The summed E-state index contributed by atoms with van der Waals surface area (Å²) in [5, 5.41) is 1.15. The molecule has 2 nitrogen and oxygen atoms in total. The SMILES string of the molecule is CC1(C)C(Br)CC1Oc1ccc2cccnc2c1. The molecule has 0 N–H and O–H groups in total. The number of ether oxygens (including phenoxy) is 1. The van der Waals surface area contributed by atoms with Gasteiger partial charge in [-0.25, -0.2) is 0 Å². The minimum atomic E-state index is 0.194. The molecule has 1 fully saturated rings. The third-order valence-electron chi connectivity index (χ3n) is 3.91. The smallest absolute Gasteiger partial charge is 0.121 e. The van der Waals surface area contributed by atoms with Crippen molar-refractivity contribution in [2.24, 2.45) is 5.41 Å². The number of benzene rings is 1. The fourth-order valence-electron chi connectivity index (χ4n) is 2.32. The summed E-state index contributed by atoms with van der Waals surface area (Å²) in [6, 6.07) is 10.1. The van der Waals surface area contributed by atoms with Crippen molar-refractivity contribution < 1.29 is 4.74 Å². The number of alkyl halides is 1. The Labute approximate surface area is 115 Å². The number of aromatic nitrogens is 1. The van der Waals surface area contributed by atoms with E-state index in [1.54, 1.807) is 0 Å². The lowest BCUT2D eigenvalue weighted by Crippen LogP contribution is -2.53. The van der Waals surface area contributed by atoms with Gasteiger partial charge in [-0.1, -0.05) is 35.8 Å².